The highest BCUT2D eigenvalue weighted by molar-refractivity contribution is 5.43. The van der Waals surface area contributed by atoms with Crippen LogP contribution in [0.25, 0.3) is 0 Å². The van der Waals surface area contributed by atoms with Gasteiger partial charge in [-0.3, -0.25) is 0 Å². The van der Waals surface area contributed by atoms with Crippen LogP contribution in [-0.2, 0) is 4.74 Å². The fraction of sp³-hybridized carbons (Fsp3) is 0.455. The van der Waals surface area contributed by atoms with E-state index in [1.54, 1.807) is 7.11 Å². The molecule has 3 N–H and O–H groups in total. The first-order valence-electron chi connectivity index (χ1n) is 4.61. The molecule has 0 bridgehead atoms. The molecular weight excluding hydrogens is 178 g/mol. The standard InChI is InChI=1S/C11H17NO2/c1-7-4-9(10(12)6-14-3)5-8(2)11(7)13/h4-5,10,13H,6,12H2,1-3H3/t10-/m0/s1. The molecule has 1 aromatic rings. The lowest BCUT2D eigenvalue weighted by molar-refractivity contribution is 0.181. The number of phenols is 1. The number of hydrogen-bond acceptors (Lipinski definition) is 3. The van der Waals surface area contributed by atoms with Gasteiger partial charge >= 0.3 is 0 Å². The molecule has 0 saturated heterocycles. The van der Waals surface area contributed by atoms with Crippen molar-refractivity contribution in [3.05, 3.63) is 28.8 Å². The number of benzene rings is 1. The van der Waals surface area contributed by atoms with Crippen molar-refractivity contribution < 1.29 is 9.84 Å². The van der Waals surface area contributed by atoms with Gasteiger partial charge in [-0.2, -0.15) is 0 Å². The molecule has 0 aliphatic carbocycles. The van der Waals surface area contributed by atoms with Crippen molar-refractivity contribution in [1.29, 1.82) is 0 Å². The van der Waals surface area contributed by atoms with E-state index >= 15 is 0 Å². The topological polar surface area (TPSA) is 55.5 Å². The average Bonchev–Trinajstić information content (AvgIpc) is 2.13. The number of aromatic hydroxyl groups is 1. The maximum absolute atomic E-state index is 9.57. The Balaban J connectivity index is 3.00. The van der Waals surface area contributed by atoms with E-state index in [-0.39, 0.29) is 6.04 Å². The third-order valence-electron chi connectivity index (χ3n) is 2.29. The smallest absolute Gasteiger partial charge is 0.121 e. The largest absolute Gasteiger partial charge is 0.507 e. The summed E-state index contributed by atoms with van der Waals surface area (Å²) in [5, 5.41) is 9.57. The van der Waals surface area contributed by atoms with Crippen molar-refractivity contribution >= 4 is 0 Å². The van der Waals surface area contributed by atoms with E-state index in [0.717, 1.165) is 16.7 Å². The summed E-state index contributed by atoms with van der Waals surface area (Å²) in [5.74, 6) is 0.346. The zero-order valence-electron chi connectivity index (χ0n) is 8.87. The van der Waals surface area contributed by atoms with Gasteiger partial charge in [0.15, 0.2) is 0 Å². The number of hydrogen-bond donors (Lipinski definition) is 2. The summed E-state index contributed by atoms with van der Waals surface area (Å²) >= 11 is 0. The van der Waals surface area contributed by atoms with Gasteiger partial charge in [0.2, 0.25) is 0 Å². The van der Waals surface area contributed by atoms with Gasteiger partial charge in [-0.15, -0.1) is 0 Å². The minimum atomic E-state index is -0.127. The first kappa shape index (κ1) is 11.0. The lowest BCUT2D eigenvalue weighted by atomic mass is 10.0. The monoisotopic (exact) mass is 195 g/mol. The number of ether oxygens (including phenoxy) is 1. The van der Waals surface area contributed by atoms with Crippen LogP contribution in [0, 0.1) is 13.8 Å². The lowest BCUT2D eigenvalue weighted by Crippen LogP contribution is -2.16. The van der Waals surface area contributed by atoms with E-state index in [9.17, 15) is 5.11 Å². The number of phenolic OH excluding ortho intramolecular Hbond substituents is 1. The van der Waals surface area contributed by atoms with Gasteiger partial charge in [-0.1, -0.05) is 12.1 Å². The second-order valence-corrected chi connectivity index (χ2v) is 3.57. The fourth-order valence-corrected chi connectivity index (χ4v) is 1.48. The van der Waals surface area contributed by atoms with Crippen LogP contribution in [0.3, 0.4) is 0 Å². The van der Waals surface area contributed by atoms with Crippen molar-refractivity contribution in [2.24, 2.45) is 5.73 Å². The number of rotatable bonds is 3. The van der Waals surface area contributed by atoms with E-state index < -0.39 is 0 Å². The molecule has 1 rings (SSSR count). The highest BCUT2D eigenvalue weighted by Gasteiger charge is 2.09. The summed E-state index contributed by atoms with van der Waals surface area (Å²) in [6.45, 7) is 4.22. The molecule has 0 saturated carbocycles. The van der Waals surface area contributed by atoms with Crippen LogP contribution in [-0.4, -0.2) is 18.8 Å². The molecule has 0 fully saturated rings. The van der Waals surface area contributed by atoms with Crippen molar-refractivity contribution in [3.63, 3.8) is 0 Å². The second-order valence-electron chi connectivity index (χ2n) is 3.57. The van der Waals surface area contributed by atoms with E-state index in [4.69, 9.17) is 10.5 Å². The molecule has 3 heteroatoms. The summed E-state index contributed by atoms with van der Waals surface area (Å²) in [6, 6.07) is 3.66. The molecule has 1 atom stereocenters. The average molecular weight is 195 g/mol. The Bertz CT molecular complexity index is 300. The SMILES string of the molecule is COC[C@H](N)c1cc(C)c(O)c(C)c1. The molecule has 0 aliphatic heterocycles. The van der Waals surface area contributed by atoms with Gasteiger partial charge in [-0.25, -0.2) is 0 Å². The normalized spacial score (nSPS) is 12.9. The molecule has 14 heavy (non-hydrogen) atoms. The van der Waals surface area contributed by atoms with Crippen LogP contribution in [0.1, 0.15) is 22.7 Å². The Morgan fingerprint density at radius 2 is 1.86 bits per heavy atom. The molecule has 1 aromatic carbocycles. The van der Waals surface area contributed by atoms with Crippen LogP contribution >= 0.6 is 0 Å². The van der Waals surface area contributed by atoms with Crippen LogP contribution < -0.4 is 5.73 Å². The van der Waals surface area contributed by atoms with E-state index in [1.807, 2.05) is 26.0 Å². The summed E-state index contributed by atoms with van der Waals surface area (Å²) < 4.78 is 4.98. The van der Waals surface area contributed by atoms with Crippen LogP contribution in [0.2, 0.25) is 0 Å². The van der Waals surface area contributed by atoms with Crippen LogP contribution in [0.5, 0.6) is 5.75 Å². The van der Waals surface area contributed by atoms with Crippen LogP contribution in [0.15, 0.2) is 12.1 Å². The molecule has 0 unspecified atom stereocenters. The number of methoxy groups -OCH3 is 1. The van der Waals surface area contributed by atoms with E-state index in [0.29, 0.717) is 12.4 Å². The molecule has 0 aromatic heterocycles. The number of nitrogens with two attached hydrogens (primary N) is 1. The molecular formula is C11H17NO2. The highest BCUT2D eigenvalue weighted by Crippen LogP contribution is 2.25. The fourth-order valence-electron chi connectivity index (χ4n) is 1.48. The maximum atomic E-state index is 9.57. The summed E-state index contributed by atoms with van der Waals surface area (Å²) in [5.41, 5.74) is 8.59. The van der Waals surface area contributed by atoms with Crippen molar-refractivity contribution in [1.82, 2.24) is 0 Å². The van der Waals surface area contributed by atoms with Crippen molar-refractivity contribution in [3.8, 4) is 5.75 Å². The Hall–Kier alpha value is -1.06. The molecule has 0 radical (unpaired) electrons. The van der Waals surface area contributed by atoms with Gasteiger partial charge in [-0.05, 0) is 30.5 Å². The van der Waals surface area contributed by atoms with E-state index in [2.05, 4.69) is 0 Å². The van der Waals surface area contributed by atoms with Gasteiger partial charge < -0.3 is 15.6 Å². The molecule has 0 spiro atoms. The minimum Gasteiger partial charge on any atom is -0.507 e. The highest BCUT2D eigenvalue weighted by atomic mass is 16.5. The predicted octanol–water partition coefficient (Wildman–Crippen LogP) is 1.66. The quantitative estimate of drug-likeness (QED) is 0.771. The van der Waals surface area contributed by atoms with Crippen molar-refractivity contribution in [2.45, 2.75) is 19.9 Å². The van der Waals surface area contributed by atoms with Gasteiger partial charge in [0.25, 0.3) is 0 Å². The Morgan fingerprint density at radius 1 is 1.36 bits per heavy atom. The Labute approximate surface area is 84.5 Å². The number of aryl methyl sites for hydroxylation is 2. The molecule has 0 heterocycles. The van der Waals surface area contributed by atoms with Gasteiger partial charge in [0.05, 0.1) is 12.6 Å². The predicted molar refractivity (Wildman–Crippen MR) is 56.4 cm³/mol. The molecule has 78 valence electrons. The summed E-state index contributed by atoms with van der Waals surface area (Å²) in [4.78, 5) is 0. The van der Waals surface area contributed by atoms with Crippen molar-refractivity contribution in [2.75, 3.05) is 13.7 Å². The molecule has 3 nitrogen and oxygen atoms in total. The first-order chi connectivity index (χ1) is 6.56. The summed E-state index contributed by atoms with van der Waals surface area (Å²) in [6.07, 6.45) is 0. The first-order valence-corrected chi connectivity index (χ1v) is 4.61. The molecule has 0 amide bonds. The van der Waals surface area contributed by atoms with Crippen LogP contribution in [0.4, 0.5) is 0 Å². The van der Waals surface area contributed by atoms with Gasteiger partial charge in [0.1, 0.15) is 5.75 Å². The maximum Gasteiger partial charge on any atom is 0.121 e. The third kappa shape index (κ3) is 2.25. The third-order valence-corrected chi connectivity index (χ3v) is 2.29. The second kappa shape index (κ2) is 4.44. The lowest BCUT2D eigenvalue weighted by Gasteiger charge is -2.13. The van der Waals surface area contributed by atoms with Gasteiger partial charge in [0, 0.05) is 7.11 Å². The minimum absolute atomic E-state index is 0.127. The Kier molecular flexibility index (Phi) is 3.49. The Morgan fingerprint density at radius 3 is 2.29 bits per heavy atom. The summed E-state index contributed by atoms with van der Waals surface area (Å²) in [7, 11) is 1.62. The molecule has 0 aliphatic rings. The van der Waals surface area contributed by atoms with E-state index in [1.165, 1.54) is 0 Å². The zero-order valence-corrected chi connectivity index (χ0v) is 8.87. The zero-order chi connectivity index (χ0) is 10.7.